The van der Waals surface area contributed by atoms with E-state index >= 15 is 0 Å². The van der Waals surface area contributed by atoms with Crippen LogP contribution in [0.5, 0.6) is 0 Å². The topological polar surface area (TPSA) is 95.3 Å². The quantitative estimate of drug-likeness (QED) is 0.230. The number of aromatic nitrogens is 2. The third-order valence-corrected chi connectivity index (χ3v) is 7.22. The molecule has 2 aromatic heterocycles. The van der Waals surface area contributed by atoms with Crippen molar-refractivity contribution < 1.29 is 13.8 Å². The summed E-state index contributed by atoms with van der Waals surface area (Å²) in [6.07, 6.45) is 0.550. The molecule has 4 aromatic rings. The van der Waals surface area contributed by atoms with Crippen LogP contribution in [0.2, 0.25) is 0 Å². The molecule has 0 amide bonds. The van der Waals surface area contributed by atoms with E-state index in [1.807, 2.05) is 81.4 Å². The highest BCUT2D eigenvalue weighted by Gasteiger charge is 2.31. The molecule has 0 bridgehead atoms. The lowest BCUT2D eigenvalue weighted by Crippen LogP contribution is -2.42. The maximum atomic E-state index is 13.2. The average Bonchev–Trinajstić information content (AvgIpc) is 3.27. The SMILES string of the molecule is COCCNc1cccc(C[C@H](N[S+]([O-])C(C)(C)C)c2ccccc2-c2noc3ccccc23)n1. The number of hydrogen-bond acceptors (Lipinski definition) is 7. The van der Waals surface area contributed by atoms with Crippen molar-refractivity contribution in [1.29, 1.82) is 0 Å². The van der Waals surface area contributed by atoms with Gasteiger partial charge in [-0.15, -0.1) is 4.72 Å². The first-order valence-electron chi connectivity index (χ1n) is 11.7. The Morgan fingerprint density at radius 1 is 1.03 bits per heavy atom. The zero-order chi connectivity index (χ0) is 24.8. The molecule has 0 saturated carbocycles. The van der Waals surface area contributed by atoms with Crippen LogP contribution in [-0.4, -0.2) is 39.7 Å². The molecule has 0 spiro atoms. The first-order chi connectivity index (χ1) is 16.9. The van der Waals surface area contributed by atoms with Gasteiger partial charge >= 0.3 is 0 Å². The number of para-hydroxylation sites is 1. The van der Waals surface area contributed by atoms with Gasteiger partial charge in [0, 0.05) is 48.1 Å². The van der Waals surface area contributed by atoms with Crippen LogP contribution in [0.15, 0.2) is 71.3 Å². The first-order valence-corrected chi connectivity index (χ1v) is 12.8. The summed E-state index contributed by atoms with van der Waals surface area (Å²) in [6, 6.07) is 21.5. The van der Waals surface area contributed by atoms with Crippen molar-refractivity contribution in [1.82, 2.24) is 14.9 Å². The van der Waals surface area contributed by atoms with Gasteiger partial charge in [-0.2, -0.15) is 0 Å². The lowest BCUT2D eigenvalue weighted by molar-refractivity contribution is 0.210. The van der Waals surface area contributed by atoms with E-state index < -0.39 is 16.1 Å². The van der Waals surface area contributed by atoms with Gasteiger partial charge in [-0.25, -0.2) is 4.98 Å². The fourth-order valence-electron chi connectivity index (χ4n) is 3.80. The van der Waals surface area contributed by atoms with Crippen molar-refractivity contribution in [2.24, 2.45) is 0 Å². The lowest BCUT2D eigenvalue weighted by atomic mass is 9.94. The summed E-state index contributed by atoms with van der Waals surface area (Å²) in [5, 5.41) is 8.61. The Morgan fingerprint density at radius 2 is 1.80 bits per heavy atom. The van der Waals surface area contributed by atoms with Crippen molar-refractivity contribution in [2.45, 2.75) is 38.0 Å². The van der Waals surface area contributed by atoms with Crippen LogP contribution in [0, 0.1) is 0 Å². The number of pyridine rings is 1. The minimum atomic E-state index is -1.29. The van der Waals surface area contributed by atoms with Crippen molar-refractivity contribution in [3.8, 4) is 11.3 Å². The molecule has 0 aliphatic carbocycles. The van der Waals surface area contributed by atoms with Gasteiger partial charge in [0.1, 0.15) is 16.3 Å². The fourth-order valence-corrected chi connectivity index (χ4v) is 4.62. The number of hydrogen-bond donors (Lipinski definition) is 2. The van der Waals surface area contributed by atoms with E-state index in [9.17, 15) is 4.55 Å². The van der Waals surface area contributed by atoms with Crippen LogP contribution in [0.3, 0.4) is 0 Å². The maximum absolute atomic E-state index is 13.2. The van der Waals surface area contributed by atoms with Gasteiger partial charge in [0.05, 0.1) is 12.6 Å². The summed E-state index contributed by atoms with van der Waals surface area (Å²) >= 11 is -1.29. The Labute approximate surface area is 209 Å². The van der Waals surface area contributed by atoms with Crippen molar-refractivity contribution in [3.05, 3.63) is 78.0 Å². The molecule has 2 aromatic carbocycles. The van der Waals surface area contributed by atoms with Crippen molar-refractivity contribution >= 4 is 28.1 Å². The number of nitrogens with one attached hydrogen (secondary N) is 2. The van der Waals surface area contributed by atoms with Crippen LogP contribution in [-0.2, 0) is 22.5 Å². The predicted octanol–water partition coefficient (Wildman–Crippen LogP) is 5.28. The maximum Gasteiger partial charge on any atom is 0.167 e. The van der Waals surface area contributed by atoms with Gasteiger partial charge < -0.3 is 19.1 Å². The highest BCUT2D eigenvalue weighted by atomic mass is 32.2. The molecule has 2 N–H and O–H groups in total. The molecule has 8 heteroatoms. The molecule has 0 fully saturated rings. The molecule has 1 unspecified atom stereocenters. The minimum absolute atomic E-state index is 0.261. The number of fused-ring (bicyclic) bond motifs is 1. The van der Waals surface area contributed by atoms with Gasteiger partial charge in [-0.05, 0) is 50.6 Å². The number of anilines is 1. The summed E-state index contributed by atoms with van der Waals surface area (Å²) in [7, 11) is 1.67. The second-order valence-corrected chi connectivity index (χ2v) is 11.3. The van der Waals surface area contributed by atoms with Gasteiger partial charge in [0.15, 0.2) is 5.58 Å². The Morgan fingerprint density at radius 3 is 2.60 bits per heavy atom. The fraction of sp³-hybridized carbons (Fsp3) is 0.333. The third kappa shape index (κ3) is 6.21. The molecule has 7 nitrogen and oxygen atoms in total. The zero-order valence-corrected chi connectivity index (χ0v) is 21.4. The first kappa shape index (κ1) is 25.2. The van der Waals surface area contributed by atoms with E-state index in [4.69, 9.17) is 14.2 Å². The molecule has 4 rings (SSSR count). The largest absolute Gasteiger partial charge is 0.598 e. The summed E-state index contributed by atoms with van der Waals surface area (Å²) in [5.74, 6) is 0.783. The van der Waals surface area contributed by atoms with E-state index in [0.717, 1.165) is 39.3 Å². The minimum Gasteiger partial charge on any atom is -0.598 e. The van der Waals surface area contributed by atoms with Crippen LogP contribution >= 0.6 is 0 Å². The molecule has 0 aliphatic rings. The normalized spacial score (nSPS) is 13.6. The van der Waals surface area contributed by atoms with E-state index in [1.54, 1.807) is 7.11 Å². The zero-order valence-electron chi connectivity index (χ0n) is 20.6. The van der Waals surface area contributed by atoms with Crippen LogP contribution in [0.1, 0.15) is 38.1 Å². The average molecular weight is 493 g/mol. The van der Waals surface area contributed by atoms with Crippen molar-refractivity contribution in [2.75, 3.05) is 25.6 Å². The van der Waals surface area contributed by atoms with E-state index in [1.165, 1.54) is 0 Å². The van der Waals surface area contributed by atoms with E-state index in [-0.39, 0.29) is 6.04 Å². The van der Waals surface area contributed by atoms with Crippen molar-refractivity contribution in [3.63, 3.8) is 0 Å². The van der Waals surface area contributed by atoms with E-state index in [0.29, 0.717) is 19.6 Å². The number of nitrogens with zero attached hydrogens (tertiary/aromatic N) is 2. The summed E-state index contributed by atoms with van der Waals surface area (Å²) in [5.41, 5.74) is 4.32. The second kappa shape index (κ2) is 11.2. The molecule has 0 radical (unpaired) electrons. The molecular formula is C27H32N4O3S. The summed E-state index contributed by atoms with van der Waals surface area (Å²) < 4.78 is 26.9. The molecule has 184 valence electrons. The van der Waals surface area contributed by atoms with E-state index in [2.05, 4.69) is 21.3 Å². The van der Waals surface area contributed by atoms with Crippen LogP contribution < -0.4 is 10.0 Å². The Bertz CT molecular complexity index is 1250. The number of ether oxygens (including phenoxy) is 1. The molecule has 0 aliphatic heterocycles. The van der Waals surface area contributed by atoms with Gasteiger partial charge in [0.2, 0.25) is 0 Å². The Balaban J connectivity index is 1.71. The molecule has 0 saturated heterocycles. The molecular weight excluding hydrogens is 460 g/mol. The lowest BCUT2D eigenvalue weighted by Gasteiger charge is -2.29. The highest BCUT2D eigenvalue weighted by Crippen LogP contribution is 2.35. The number of rotatable bonds is 10. The van der Waals surface area contributed by atoms with Gasteiger partial charge in [-0.1, -0.05) is 47.6 Å². The monoisotopic (exact) mass is 492 g/mol. The molecule has 2 heterocycles. The Kier molecular flexibility index (Phi) is 8.07. The third-order valence-electron chi connectivity index (χ3n) is 5.61. The number of benzene rings is 2. The van der Waals surface area contributed by atoms with Gasteiger partial charge in [0.25, 0.3) is 0 Å². The smallest absolute Gasteiger partial charge is 0.167 e. The standard InChI is InChI=1S/C27H32N4O3S/c1-27(2,3)35(32)31-23(18-19-10-9-15-25(29-19)28-16-17-33-4)20-11-5-6-12-21(20)26-22-13-7-8-14-24(22)34-30-26/h5-15,23,31H,16-18H2,1-4H3,(H,28,29)/t23-,35?/m0/s1. The summed E-state index contributed by atoms with van der Waals surface area (Å²) in [4.78, 5) is 4.78. The predicted molar refractivity (Wildman–Crippen MR) is 142 cm³/mol. The van der Waals surface area contributed by atoms with Crippen LogP contribution in [0.25, 0.3) is 22.2 Å². The second-order valence-electron chi connectivity index (χ2n) is 9.30. The number of methoxy groups -OCH3 is 1. The van der Waals surface area contributed by atoms with Gasteiger partial charge in [-0.3, -0.25) is 0 Å². The van der Waals surface area contributed by atoms with Crippen LogP contribution in [0.4, 0.5) is 5.82 Å². The molecule has 2 atom stereocenters. The molecule has 35 heavy (non-hydrogen) atoms. The summed E-state index contributed by atoms with van der Waals surface area (Å²) in [6.45, 7) is 7.15. The highest BCUT2D eigenvalue weighted by molar-refractivity contribution is 7.90. The Hall–Kier alpha value is -2.91.